The van der Waals surface area contributed by atoms with Gasteiger partial charge in [-0.25, -0.2) is 13.6 Å². The van der Waals surface area contributed by atoms with E-state index in [4.69, 9.17) is 28.3 Å². The van der Waals surface area contributed by atoms with E-state index in [1.807, 2.05) is 13.8 Å². The minimum Gasteiger partial charge on any atom is -0.352 e. The molecule has 0 fully saturated rings. The van der Waals surface area contributed by atoms with Crippen molar-refractivity contribution in [3.63, 3.8) is 0 Å². The van der Waals surface area contributed by atoms with E-state index in [-0.39, 0.29) is 26.4 Å². The predicted octanol–water partition coefficient (Wildman–Crippen LogP) is 2.03. The Morgan fingerprint density at radius 1 is 1.37 bits per heavy atom. The van der Waals surface area contributed by atoms with Crippen molar-refractivity contribution in [2.45, 2.75) is 18.7 Å². The van der Waals surface area contributed by atoms with Crippen molar-refractivity contribution < 1.29 is 13.2 Å². The van der Waals surface area contributed by atoms with E-state index in [1.54, 1.807) is 0 Å². The monoisotopic (exact) mass is 324 g/mol. The summed E-state index contributed by atoms with van der Waals surface area (Å²) in [5, 5.41) is 7.59. The van der Waals surface area contributed by atoms with E-state index in [0.717, 1.165) is 12.1 Å². The molecule has 8 heteroatoms. The van der Waals surface area contributed by atoms with E-state index in [1.165, 1.54) is 0 Å². The number of primary sulfonamides is 1. The number of hydrogen-bond donors (Lipinski definition) is 2. The van der Waals surface area contributed by atoms with Gasteiger partial charge in [-0.1, -0.05) is 37.0 Å². The Hall–Kier alpha value is -0.820. The number of halogens is 2. The van der Waals surface area contributed by atoms with Crippen LogP contribution >= 0.6 is 23.2 Å². The summed E-state index contributed by atoms with van der Waals surface area (Å²) in [5.41, 5.74) is -0.0150. The lowest BCUT2D eigenvalue weighted by molar-refractivity contribution is 0.0949. The summed E-state index contributed by atoms with van der Waals surface area (Å²) in [6.07, 6.45) is 0. The topological polar surface area (TPSA) is 89.3 Å². The maximum atomic E-state index is 11.9. The van der Waals surface area contributed by atoms with Gasteiger partial charge in [0.2, 0.25) is 10.0 Å². The zero-order valence-corrected chi connectivity index (χ0v) is 12.7. The molecule has 0 bridgehead atoms. The molecule has 1 rings (SSSR count). The summed E-state index contributed by atoms with van der Waals surface area (Å²) in [7, 11) is -3.95. The van der Waals surface area contributed by atoms with Crippen LogP contribution in [0.2, 0.25) is 10.0 Å². The summed E-state index contributed by atoms with van der Waals surface area (Å²) >= 11 is 11.7. The number of nitrogens with one attached hydrogen (secondary N) is 1. The van der Waals surface area contributed by atoms with Crippen LogP contribution in [0.15, 0.2) is 17.0 Å². The summed E-state index contributed by atoms with van der Waals surface area (Å²) in [4.78, 5) is 11.7. The molecule has 0 heterocycles. The SMILES string of the molecule is CC(C)CNC(=O)c1cc(S(N)(=O)=O)cc(Cl)c1Cl. The van der Waals surface area contributed by atoms with Gasteiger partial charge in [-0.2, -0.15) is 0 Å². The molecule has 0 saturated carbocycles. The number of rotatable bonds is 4. The van der Waals surface area contributed by atoms with Crippen molar-refractivity contribution in [2.75, 3.05) is 6.54 Å². The molecule has 19 heavy (non-hydrogen) atoms. The zero-order valence-electron chi connectivity index (χ0n) is 10.4. The first kappa shape index (κ1) is 16.2. The number of hydrogen-bond acceptors (Lipinski definition) is 3. The highest BCUT2D eigenvalue weighted by atomic mass is 35.5. The van der Waals surface area contributed by atoms with Gasteiger partial charge in [-0.15, -0.1) is 0 Å². The Balaban J connectivity index is 3.20. The molecule has 0 radical (unpaired) electrons. The molecule has 3 N–H and O–H groups in total. The maximum Gasteiger partial charge on any atom is 0.252 e. The summed E-state index contributed by atoms with van der Waals surface area (Å²) in [6, 6.07) is 2.22. The average molecular weight is 325 g/mol. The van der Waals surface area contributed by atoms with Crippen molar-refractivity contribution in [1.82, 2.24) is 5.32 Å². The normalized spacial score (nSPS) is 11.7. The van der Waals surface area contributed by atoms with Crippen LogP contribution in [0.4, 0.5) is 0 Å². The van der Waals surface area contributed by atoms with Gasteiger partial charge in [-0.3, -0.25) is 4.79 Å². The number of carbonyl (C=O) groups excluding carboxylic acids is 1. The molecule has 0 aliphatic rings. The van der Waals surface area contributed by atoms with E-state index >= 15 is 0 Å². The van der Waals surface area contributed by atoms with Crippen LogP contribution in [0, 0.1) is 5.92 Å². The number of benzene rings is 1. The zero-order chi connectivity index (χ0) is 14.8. The van der Waals surface area contributed by atoms with Crippen molar-refractivity contribution in [2.24, 2.45) is 11.1 Å². The molecule has 1 aromatic carbocycles. The number of amides is 1. The molecule has 1 amide bonds. The molecule has 5 nitrogen and oxygen atoms in total. The predicted molar refractivity (Wildman–Crippen MR) is 75.0 cm³/mol. The highest BCUT2D eigenvalue weighted by Crippen LogP contribution is 2.29. The van der Waals surface area contributed by atoms with Crippen molar-refractivity contribution >= 4 is 39.1 Å². The first-order chi connectivity index (χ1) is 8.62. The Bertz CT molecular complexity index is 600. The second-order valence-electron chi connectivity index (χ2n) is 4.42. The quantitative estimate of drug-likeness (QED) is 0.887. The Kier molecular flexibility index (Phi) is 5.20. The summed E-state index contributed by atoms with van der Waals surface area (Å²) in [5.74, 6) is -0.245. The number of carbonyl (C=O) groups is 1. The fourth-order valence-corrected chi connectivity index (χ4v) is 2.33. The van der Waals surface area contributed by atoms with E-state index < -0.39 is 15.9 Å². The smallest absolute Gasteiger partial charge is 0.252 e. The largest absolute Gasteiger partial charge is 0.352 e. The summed E-state index contributed by atoms with van der Waals surface area (Å²) < 4.78 is 22.6. The lowest BCUT2D eigenvalue weighted by Gasteiger charge is -2.11. The molecular formula is C11H14Cl2N2O3S. The van der Waals surface area contributed by atoms with E-state index in [0.29, 0.717) is 6.54 Å². The Labute approximate surface area is 122 Å². The molecule has 1 aromatic rings. The van der Waals surface area contributed by atoms with Gasteiger partial charge in [0.05, 0.1) is 20.5 Å². The molecule has 0 spiro atoms. The third kappa shape index (κ3) is 4.35. The van der Waals surface area contributed by atoms with Gasteiger partial charge in [0.25, 0.3) is 5.91 Å². The Morgan fingerprint density at radius 3 is 2.42 bits per heavy atom. The van der Waals surface area contributed by atoms with Crippen LogP contribution in [-0.2, 0) is 10.0 Å². The van der Waals surface area contributed by atoms with Crippen LogP contribution in [0.1, 0.15) is 24.2 Å². The van der Waals surface area contributed by atoms with E-state index in [9.17, 15) is 13.2 Å². The highest BCUT2D eigenvalue weighted by molar-refractivity contribution is 7.89. The van der Waals surface area contributed by atoms with Gasteiger partial charge in [-0.05, 0) is 18.1 Å². The second-order valence-corrected chi connectivity index (χ2v) is 6.76. The molecule has 0 unspecified atom stereocenters. The van der Waals surface area contributed by atoms with Gasteiger partial charge < -0.3 is 5.32 Å². The van der Waals surface area contributed by atoms with Crippen molar-refractivity contribution in [3.8, 4) is 0 Å². The molecular weight excluding hydrogens is 311 g/mol. The van der Waals surface area contributed by atoms with Gasteiger partial charge in [0.1, 0.15) is 0 Å². The van der Waals surface area contributed by atoms with Gasteiger partial charge in [0.15, 0.2) is 0 Å². The van der Waals surface area contributed by atoms with Crippen molar-refractivity contribution in [3.05, 3.63) is 27.7 Å². The van der Waals surface area contributed by atoms with Gasteiger partial charge in [0, 0.05) is 6.54 Å². The van der Waals surface area contributed by atoms with Crippen molar-refractivity contribution in [1.29, 1.82) is 0 Å². The number of sulfonamides is 1. The molecule has 106 valence electrons. The lowest BCUT2D eigenvalue weighted by atomic mass is 10.2. The third-order valence-corrected chi connectivity index (χ3v) is 3.94. The minimum absolute atomic E-state index is 0.00433. The summed E-state index contributed by atoms with van der Waals surface area (Å²) in [6.45, 7) is 4.29. The molecule has 0 aliphatic carbocycles. The molecule has 0 atom stereocenters. The average Bonchev–Trinajstić information content (AvgIpc) is 2.27. The van der Waals surface area contributed by atoms with E-state index in [2.05, 4.69) is 5.32 Å². The first-order valence-corrected chi connectivity index (χ1v) is 7.73. The van der Waals surface area contributed by atoms with Gasteiger partial charge >= 0.3 is 0 Å². The minimum atomic E-state index is -3.95. The standard InChI is InChI=1S/C11H14Cl2N2O3S/c1-6(2)5-15-11(16)8-3-7(19(14,17)18)4-9(12)10(8)13/h3-4,6H,5H2,1-2H3,(H,15,16)(H2,14,17,18). The van der Waals surface area contributed by atoms with Crippen LogP contribution in [-0.4, -0.2) is 20.9 Å². The highest BCUT2D eigenvalue weighted by Gasteiger charge is 2.19. The Morgan fingerprint density at radius 2 is 1.95 bits per heavy atom. The number of nitrogens with two attached hydrogens (primary N) is 1. The van der Waals surface area contributed by atoms with Crippen LogP contribution in [0.3, 0.4) is 0 Å². The van der Waals surface area contributed by atoms with Crippen LogP contribution in [0.5, 0.6) is 0 Å². The molecule has 0 saturated heterocycles. The molecule has 0 aromatic heterocycles. The van der Waals surface area contributed by atoms with Crippen LogP contribution in [0.25, 0.3) is 0 Å². The fourth-order valence-electron chi connectivity index (χ4n) is 1.29. The maximum absolute atomic E-state index is 11.9. The third-order valence-electron chi connectivity index (χ3n) is 2.25. The second kappa shape index (κ2) is 6.09. The molecule has 0 aliphatic heterocycles. The van der Waals surface area contributed by atoms with Crippen LogP contribution < -0.4 is 10.5 Å². The lowest BCUT2D eigenvalue weighted by Crippen LogP contribution is -2.28. The first-order valence-electron chi connectivity index (χ1n) is 5.43. The fraction of sp³-hybridized carbons (Fsp3) is 0.364.